The topological polar surface area (TPSA) is 42.7 Å². The third-order valence-electron chi connectivity index (χ3n) is 2.19. The lowest BCUT2D eigenvalue weighted by molar-refractivity contribution is 0.619. The van der Waals surface area contributed by atoms with Crippen LogP contribution in [0.25, 0.3) is 0 Å². The van der Waals surface area contributed by atoms with Gasteiger partial charge in [-0.3, -0.25) is 0 Å². The van der Waals surface area contributed by atoms with E-state index < -0.39 is 0 Å². The van der Waals surface area contributed by atoms with Crippen LogP contribution in [0.15, 0.2) is 34.6 Å². The van der Waals surface area contributed by atoms with E-state index in [0.717, 1.165) is 15.6 Å². The van der Waals surface area contributed by atoms with E-state index in [4.69, 9.17) is 0 Å². The fourth-order valence-electron chi connectivity index (χ4n) is 1.47. The Morgan fingerprint density at radius 2 is 2.24 bits per heavy atom. The largest absolute Gasteiger partial charge is 0.316 e. The maximum Gasteiger partial charge on any atom is 0.190 e. The van der Waals surface area contributed by atoms with Gasteiger partial charge < -0.3 is 5.32 Å². The first-order valence-corrected chi connectivity index (χ1v) is 5.96. The summed E-state index contributed by atoms with van der Waals surface area (Å²) in [5.74, 6) is -0.234. The van der Waals surface area contributed by atoms with Gasteiger partial charge in [-0.05, 0) is 30.8 Å². The van der Waals surface area contributed by atoms with E-state index in [1.807, 2.05) is 20.2 Å². The molecular formula is C11H13FN4S. The minimum absolute atomic E-state index is 0.234. The molecule has 4 nitrogen and oxygen atoms in total. The predicted octanol–water partition coefficient (Wildman–Crippen LogP) is 1.82. The zero-order valence-electron chi connectivity index (χ0n) is 9.64. The van der Waals surface area contributed by atoms with E-state index in [2.05, 4.69) is 15.4 Å². The maximum absolute atomic E-state index is 13.4. The SMILES string of the molecule is CNCc1cc(F)cc(Sc2ncnn2C)c1. The standard InChI is InChI=1S/C11H13FN4S/c1-13-6-8-3-9(12)5-10(4-8)17-11-14-7-15-16(11)2/h3-5,7,13H,6H2,1-2H3. The van der Waals surface area contributed by atoms with Crippen LogP contribution in [0.2, 0.25) is 0 Å². The van der Waals surface area contributed by atoms with Gasteiger partial charge in [0.05, 0.1) is 0 Å². The highest BCUT2D eigenvalue weighted by Gasteiger charge is 2.06. The summed E-state index contributed by atoms with van der Waals surface area (Å²) in [7, 11) is 3.64. The second-order valence-corrected chi connectivity index (χ2v) is 4.63. The van der Waals surface area contributed by atoms with Crippen LogP contribution in [-0.4, -0.2) is 21.8 Å². The van der Waals surface area contributed by atoms with Crippen molar-refractivity contribution in [3.63, 3.8) is 0 Å². The Morgan fingerprint density at radius 3 is 2.88 bits per heavy atom. The number of aryl methyl sites for hydroxylation is 1. The summed E-state index contributed by atoms with van der Waals surface area (Å²) in [6.07, 6.45) is 1.48. The van der Waals surface area contributed by atoms with Crippen LogP contribution in [0.5, 0.6) is 0 Å². The molecule has 17 heavy (non-hydrogen) atoms. The Morgan fingerprint density at radius 1 is 1.41 bits per heavy atom. The monoisotopic (exact) mass is 252 g/mol. The van der Waals surface area contributed by atoms with Gasteiger partial charge in [0.1, 0.15) is 12.1 Å². The van der Waals surface area contributed by atoms with Crippen LogP contribution in [-0.2, 0) is 13.6 Å². The number of halogens is 1. The van der Waals surface area contributed by atoms with Gasteiger partial charge in [-0.1, -0.05) is 11.8 Å². The van der Waals surface area contributed by atoms with Gasteiger partial charge in [0.25, 0.3) is 0 Å². The molecule has 6 heteroatoms. The summed E-state index contributed by atoms with van der Waals surface area (Å²) in [4.78, 5) is 4.92. The third-order valence-corrected chi connectivity index (χ3v) is 3.21. The molecule has 0 unspecified atom stereocenters. The summed E-state index contributed by atoms with van der Waals surface area (Å²) >= 11 is 1.40. The number of hydrogen-bond donors (Lipinski definition) is 1. The van der Waals surface area contributed by atoms with Crippen molar-refractivity contribution >= 4 is 11.8 Å². The van der Waals surface area contributed by atoms with Crippen LogP contribution in [0.4, 0.5) is 4.39 Å². The molecule has 1 aromatic carbocycles. The Balaban J connectivity index is 2.23. The van der Waals surface area contributed by atoms with Crippen LogP contribution in [0, 0.1) is 5.82 Å². The molecule has 0 saturated carbocycles. The molecule has 0 fully saturated rings. The summed E-state index contributed by atoms with van der Waals surface area (Å²) in [6.45, 7) is 0.643. The molecule has 90 valence electrons. The Hall–Kier alpha value is -1.40. The van der Waals surface area contributed by atoms with Crippen molar-refractivity contribution in [3.05, 3.63) is 35.9 Å². The van der Waals surface area contributed by atoms with Crippen molar-refractivity contribution in [3.8, 4) is 0 Å². The zero-order chi connectivity index (χ0) is 12.3. The smallest absolute Gasteiger partial charge is 0.190 e. The molecule has 0 saturated heterocycles. The van der Waals surface area contributed by atoms with Gasteiger partial charge in [0, 0.05) is 18.5 Å². The molecule has 2 rings (SSSR count). The van der Waals surface area contributed by atoms with E-state index in [0.29, 0.717) is 6.54 Å². The highest BCUT2D eigenvalue weighted by molar-refractivity contribution is 7.99. The second kappa shape index (κ2) is 5.29. The molecule has 1 N–H and O–H groups in total. The number of hydrogen-bond acceptors (Lipinski definition) is 4. The number of nitrogens with zero attached hydrogens (tertiary/aromatic N) is 3. The van der Waals surface area contributed by atoms with Crippen LogP contribution in [0.1, 0.15) is 5.56 Å². The highest BCUT2D eigenvalue weighted by Crippen LogP contribution is 2.26. The van der Waals surface area contributed by atoms with Crippen molar-refractivity contribution in [2.75, 3.05) is 7.05 Å². The minimum Gasteiger partial charge on any atom is -0.316 e. The van der Waals surface area contributed by atoms with Gasteiger partial charge in [0.15, 0.2) is 5.16 Å². The van der Waals surface area contributed by atoms with Gasteiger partial charge in [-0.2, -0.15) is 5.10 Å². The minimum atomic E-state index is -0.234. The van der Waals surface area contributed by atoms with E-state index >= 15 is 0 Å². The third kappa shape index (κ3) is 3.04. The Labute approximate surface area is 103 Å². The summed E-state index contributed by atoms with van der Waals surface area (Å²) < 4.78 is 15.1. The molecule has 0 aliphatic rings. The first-order chi connectivity index (χ1) is 8.19. The van der Waals surface area contributed by atoms with Crippen molar-refractivity contribution < 1.29 is 4.39 Å². The van der Waals surface area contributed by atoms with Gasteiger partial charge in [0.2, 0.25) is 0 Å². The van der Waals surface area contributed by atoms with Gasteiger partial charge in [-0.25, -0.2) is 14.1 Å². The first kappa shape index (κ1) is 12.1. The molecule has 0 atom stereocenters. The molecule has 0 spiro atoms. The van der Waals surface area contributed by atoms with E-state index in [1.54, 1.807) is 4.68 Å². The summed E-state index contributed by atoms with van der Waals surface area (Å²) in [6, 6.07) is 4.97. The van der Waals surface area contributed by atoms with Crippen LogP contribution in [0.3, 0.4) is 0 Å². The van der Waals surface area contributed by atoms with Crippen molar-refractivity contribution in [1.29, 1.82) is 0 Å². The summed E-state index contributed by atoms with van der Waals surface area (Å²) in [5, 5.41) is 7.71. The predicted molar refractivity (Wildman–Crippen MR) is 64.3 cm³/mol. The normalized spacial score (nSPS) is 10.8. The summed E-state index contributed by atoms with van der Waals surface area (Å²) in [5.41, 5.74) is 0.914. The Kier molecular flexibility index (Phi) is 3.75. The average Bonchev–Trinajstić information content (AvgIpc) is 2.64. The maximum atomic E-state index is 13.4. The second-order valence-electron chi connectivity index (χ2n) is 3.59. The van der Waals surface area contributed by atoms with Crippen molar-refractivity contribution in [2.45, 2.75) is 16.6 Å². The van der Waals surface area contributed by atoms with Gasteiger partial charge >= 0.3 is 0 Å². The van der Waals surface area contributed by atoms with Crippen molar-refractivity contribution in [2.24, 2.45) is 7.05 Å². The molecule has 1 aromatic heterocycles. The zero-order valence-corrected chi connectivity index (χ0v) is 10.5. The lowest BCUT2D eigenvalue weighted by Crippen LogP contribution is -2.05. The first-order valence-electron chi connectivity index (χ1n) is 5.15. The molecule has 2 aromatic rings. The van der Waals surface area contributed by atoms with E-state index in [1.165, 1.54) is 30.2 Å². The molecule has 0 amide bonds. The average molecular weight is 252 g/mol. The van der Waals surface area contributed by atoms with E-state index in [-0.39, 0.29) is 5.82 Å². The number of aromatic nitrogens is 3. The number of rotatable bonds is 4. The molecule has 0 radical (unpaired) electrons. The molecular weight excluding hydrogens is 239 g/mol. The van der Waals surface area contributed by atoms with Crippen LogP contribution < -0.4 is 5.32 Å². The Bertz CT molecular complexity index is 512. The molecule has 0 bridgehead atoms. The molecule has 1 heterocycles. The van der Waals surface area contributed by atoms with Crippen molar-refractivity contribution in [1.82, 2.24) is 20.1 Å². The fraction of sp³-hybridized carbons (Fsp3) is 0.273. The van der Waals surface area contributed by atoms with Gasteiger partial charge in [-0.15, -0.1) is 0 Å². The molecule has 0 aliphatic carbocycles. The number of benzene rings is 1. The fourth-order valence-corrected chi connectivity index (χ4v) is 2.34. The quantitative estimate of drug-likeness (QED) is 0.901. The lowest BCUT2D eigenvalue weighted by atomic mass is 10.2. The number of nitrogens with one attached hydrogen (secondary N) is 1. The lowest BCUT2D eigenvalue weighted by Gasteiger charge is -2.05. The van der Waals surface area contributed by atoms with Crippen LogP contribution >= 0.6 is 11.8 Å². The van der Waals surface area contributed by atoms with E-state index in [9.17, 15) is 4.39 Å². The highest BCUT2D eigenvalue weighted by atomic mass is 32.2. The molecule has 0 aliphatic heterocycles.